The van der Waals surface area contributed by atoms with Gasteiger partial charge in [0.1, 0.15) is 5.75 Å². The zero-order chi connectivity index (χ0) is 21.8. The molecule has 7 nitrogen and oxygen atoms in total. The van der Waals surface area contributed by atoms with Gasteiger partial charge in [0, 0.05) is 18.7 Å². The normalized spacial score (nSPS) is 16.9. The number of esters is 1. The first-order chi connectivity index (χ1) is 14.3. The van der Waals surface area contributed by atoms with E-state index in [1.807, 2.05) is 44.2 Å². The molecule has 1 heterocycles. The third-order valence-corrected chi connectivity index (χ3v) is 5.08. The summed E-state index contributed by atoms with van der Waals surface area (Å²) in [5, 5.41) is 2.73. The van der Waals surface area contributed by atoms with Crippen molar-refractivity contribution in [3.05, 3.63) is 53.6 Å². The Morgan fingerprint density at radius 3 is 2.43 bits per heavy atom. The number of amides is 2. The van der Waals surface area contributed by atoms with Gasteiger partial charge < -0.3 is 19.7 Å². The summed E-state index contributed by atoms with van der Waals surface area (Å²) >= 11 is 0. The van der Waals surface area contributed by atoms with Crippen LogP contribution >= 0.6 is 0 Å². The van der Waals surface area contributed by atoms with Gasteiger partial charge >= 0.3 is 5.97 Å². The van der Waals surface area contributed by atoms with Gasteiger partial charge in [-0.2, -0.15) is 0 Å². The fraction of sp³-hybridized carbons (Fsp3) is 0.348. The molecule has 2 atom stereocenters. The van der Waals surface area contributed by atoms with Crippen molar-refractivity contribution in [2.45, 2.75) is 33.3 Å². The highest BCUT2D eigenvalue weighted by molar-refractivity contribution is 6.00. The van der Waals surface area contributed by atoms with E-state index in [9.17, 15) is 14.4 Å². The molecule has 0 saturated carbocycles. The molecule has 0 spiro atoms. The summed E-state index contributed by atoms with van der Waals surface area (Å²) in [5.74, 6) is -1.25. The Hall–Kier alpha value is -3.35. The lowest BCUT2D eigenvalue weighted by Gasteiger charge is -2.18. The lowest BCUT2D eigenvalue weighted by atomic mass is 10.1. The number of benzene rings is 2. The second kappa shape index (κ2) is 8.98. The second-order valence-electron chi connectivity index (χ2n) is 7.51. The smallest absolute Gasteiger partial charge is 0.312 e. The van der Waals surface area contributed by atoms with Crippen LogP contribution in [0, 0.1) is 19.8 Å². The number of hydrogen-bond acceptors (Lipinski definition) is 5. The summed E-state index contributed by atoms with van der Waals surface area (Å²) in [5.41, 5.74) is 3.30. The van der Waals surface area contributed by atoms with Crippen LogP contribution in [-0.2, 0) is 19.1 Å². The number of methoxy groups -OCH3 is 1. The van der Waals surface area contributed by atoms with Crippen LogP contribution in [0.2, 0.25) is 0 Å². The Morgan fingerprint density at radius 2 is 1.77 bits per heavy atom. The third kappa shape index (κ3) is 4.79. The zero-order valence-electron chi connectivity index (χ0n) is 17.6. The van der Waals surface area contributed by atoms with Gasteiger partial charge in [0.05, 0.1) is 18.7 Å². The van der Waals surface area contributed by atoms with E-state index in [0.717, 1.165) is 16.8 Å². The van der Waals surface area contributed by atoms with Crippen molar-refractivity contribution in [1.29, 1.82) is 0 Å². The first kappa shape index (κ1) is 21.4. The van der Waals surface area contributed by atoms with Crippen LogP contribution in [0.4, 0.5) is 11.4 Å². The summed E-state index contributed by atoms with van der Waals surface area (Å²) in [4.78, 5) is 39.0. The van der Waals surface area contributed by atoms with Crippen LogP contribution in [0.3, 0.4) is 0 Å². The molecule has 0 radical (unpaired) electrons. The standard InChI is InChI=1S/C23H26N2O5/c1-14-5-8-18(9-6-14)25-13-17(12-21(25)26)23(28)30-16(3)22(27)24-19-11-15(2)7-10-20(19)29-4/h5-11,16-17H,12-13H2,1-4H3,(H,24,27)/t16-,17+/m1/s1. The molecule has 2 aromatic carbocycles. The summed E-state index contributed by atoms with van der Waals surface area (Å²) in [7, 11) is 1.51. The van der Waals surface area contributed by atoms with Crippen molar-refractivity contribution in [2.24, 2.45) is 5.92 Å². The predicted octanol–water partition coefficient (Wildman–Crippen LogP) is 3.24. The molecule has 0 bridgehead atoms. The van der Waals surface area contributed by atoms with Gasteiger partial charge in [-0.3, -0.25) is 14.4 Å². The summed E-state index contributed by atoms with van der Waals surface area (Å²) in [6.07, 6.45) is -0.946. The van der Waals surface area contributed by atoms with E-state index in [1.54, 1.807) is 17.0 Å². The Kier molecular flexibility index (Phi) is 6.40. The Balaban J connectivity index is 1.60. The van der Waals surface area contributed by atoms with Crippen LogP contribution in [0.1, 0.15) is 24.5 Å². The van der Waals surface area contributed by atoms with Gasteiger partial charge in [-0.1, -0.05) is 23.8 Å². The molecule has 1 saturated heterocycles. The van der Waals surface area contributed by atoms with Crippen LogP contribution in [0.25, 0.3) is 0 Å². The molecule has 0 unspecified atom stereocenters. The quantitative estimate of drug-likeness (QED) is 0.739. The number of nitrogens with one attached hydrogen (secondary N) is 1. The van der Waals surface area contributed by atoms with Crippen molar-refractivity contribution in [2.75, 3.05) is 23.9 Å². The molecule has 30 heavy (non-hydrogen) atoms. The van der Waals surface area contributed by atoms with Crippen molar-refractivity contribution >= 4 is 29.2 Å². The fourth-order valence-electron chi connectivity index (χ4n) is 3.32. The number of aryl methyl sites for hydroxylation is 2. The number of ether oxygens (including phenoxy) is 2. The van der Waals surface area contributed by atoms with Crippen molar-refractivity contribution in [1.82, 2.24) is 0 Å². The van der Waals surface area contributed by atoms with Crippen LogP contribution in [-0.4, -0.2) is 37.5 Å². The largest absolute Gasteiger partial charge is 0.495 e. The highest BCUT2D eigenvalue weighted by Gasteiger charge is 2.37. The molecule has 158 valence electrons. The van der Waals surface area contributed by atoms with Crippen molar-refractivity contribution < 1.29 is 23.9 Å². The number of anilines is 2. The van der Waals surface area contributed by atoms with E-state index in [-0.39, 0.29) is 18.9 Å². The van der Waals surface area contributed by atoms with Gasteiger partial charge in [-0.05, 0) is 50.6 Å². The topological polar surface area (TPSA) is 84.9 Å². The van der Waals surface area contributed by atoms with Gasteiger partial charge in [-0.15, -0.1) is 0 Å². The molecule has 1 aliphatic rings. The first-order valence-electron chi connectivity index (χ1n) is 9.81. The maximum atomic E-state index is 12.6. The highest BCUT2D eigenvalue weighted by Crippen LogP contribution is 2.27. The summed E-state index contributed by atoms with van der Waals surface area (Å²) in [6, 6.07) is 12.9. The zero-order valence-corrected chi connectivity index (χ0v) is 17.6. The van der Waals surface area contributed by atoms with E-state index >= 15 is 0 Å². The Labute approximate surface area is 176 Å². The number of carbonyl (C=O) groups excluding carboxylic acids is 3. The molecular formula is C23H26N2O5. The molecule has 1 aliphatic heterocycles. The minimum Gasteiger partial charge on any atom is -0.495 e. The van der Waals surface area contributed by atoms with E-state index in [2.05, 4.69) is 5.32 Å². The average molecular weight is 410 g/mol. The van der Waals surface area contributed by atoms with Crippen molar-refractivity contribution in [3.8, 4) is 5.75 Å². The average Bonchev–Trinajstić information content (AvgIpc) is 3.10. The molecule has 1 N–H and O–H groups in total. The fourth-order valence-corrected chi connectivity index (χ4v) is 3.32. The van der Waals surface area contributed by atoms with Crippen LogP contribution in [0.5, 0.6) is 5.75 Å². The number of rotatable bonds is 6. The van der Waals surface area contributed by atoms with Gasteiger partial charge in [0.15, 0.2) is 6.10 Å². The van der Waals surface area contributed by atoms with Gasteiger partial charge in [-0.25, -0.2) is 0 Å². The van der Waals surface area contributed by atoms with Gasteiger partial charge in [0.2, 0.25) is 5.91 Å². The van der Waals surface area contributed by atoms with Crippen LogP contribution in [0.15, 0.2) is 42.5 Å². The van der Waals surface area contributed by atoms with E-state index in [1.165, 1.54) is 14.0 Å². The van der Waals surface area contributed by atoms with E-state index in [0.29, 0.717) is 11.4 Å². The lowest BCUT2D eigenvalue weighted by molar-refractivity contribution is -0.157. The molecule has 7 heteroatoms. The number of nitrogens with zero attached hydrogens (tertiary/aromatic N) is 1. The molecular weight excluding hydrogens is 384 g/mol. The third-order valence-electron chi connectivity index (χ3n) is 5.08. The van der Waals surface area contributed by atoms with E-state index < -0.39 is 23.9 Å². The summed E-state index contributed by atoms with van der Waals surface area (Å²) in [6.45, 7) is 5.61. The van der Waals surface area contributed by atoms with Crippen molar-refractivity contribution in [3.63, 3.8) is 0 Å². The molecule has 0 aromatic heterocycles. The molecule has 1 fully saturated rings. The maximum absolute atomic E-state index is 12.6. The van der Waals surface area contributed by atoms with Crippen LogP contribution < -0.4 is 15.0 Å². The summed E-state index contributed by atoms with van der Waals surface area (Å²) < 4.78 is 10.6. The molecule has 3 rings (SSSR count). The first-order valence-corrected chi connectivity index (χ1v) is 9.81. The van der Waals surface area contributed by atoms with E-state index in [4.69, 9.17) is 9.47 Å². The number of carbonyl (C=O) groups is 3. The monoisotopic (exact) mass is 410 g/mol. The SMILES string of the molecule is COc1ccc(C)cc1NC(=O)[C@@H](C)OC(=O)[C@H]1CC(=O)N(c2ccc(C)cc2)C1. The maximum Gasteiger partial charge on any atom is 0.312 e. The predicted molar refractivity (Wildman–Crippen MR) is 114 cm³/mol. The second-order valence-corrected chi connectivity index (χ2v) is 7.51. The Bertz CT molecular complexity index is 955. The molecule has 2 aromatic rings. The minimum atomic E-state index is -1.01. The van der Waals surface area contributed by atoms with Gasteiger partial charge in [0.25, 0.3) is 5.91 Å². The molecule has 0 aliphatic carbocycles. The number of hydrogen-bond donors (Lipinski definition) is 1. The molecule has 2 amide bonds. The Morgan fingerprint density at radius 1 is 1.10 bits per heavy atom. The minimum absolute atomic E-state index is 0.0623. The highest BCUT2D eigenvalue weighted by atomic mass is 16.5. The lowest BCUT2D eigenvalue weighted by Crippen LogP contribution is -2.33.